The molecule has 2 unspecified atom stereocenters. The third-order valence-electron chi connectivity index (χ3n) is 3.21. The summed E-state index contributed by atoms with van der Waals surface area (Å²) in [6.45, 7) is 2.68. The number of halogens is 2. The van der Waals surface area contributed by atoms with Gasteiger partial charge in [-0.3, -0.25) is 0 Å². The van der Waals surface area contributed by atoms with E-state index in [2.05, 4.69) is 0 Å². The lowest BCUT2D eigenvalue weighted by Crippen LogP contribution is -2.32. The molecule has 0 amide bonds. The van der Waals surface area contributed by atoms with Crippen LogP contribution in [0.3, 0.4) is 0 Å². The van der Waals surface area contributed by atoms with Crippen molar-refractivity contribution in [3.05, 3.63) is 27.7 Å². The smallest absolute Gasteiger partial charge is 0.101 e. The second-order valence-electron chi connectivity index (χ2n) is 4.16. The molecule has 1 N–H and O–H groups in total. The summed E-state index contributed by atoms with van der Waals surface area (Å²) >= 11 is 12.2. The second-order valence-corrected chi connectivity index (χ2v) is 4.92. The quantitative estimate of drug-likeness (QED) is 0.854. The summed E-state index contributed by atoms with van der Waals surface area (Å²) in [7, 11) is 0. The fraction of sp³-hybridized carbons (Fsp3) is 0.417. The molecule has 1 heterocycles. The number of hydrogen-bond donors (Lipinski definition) is 1. The Morgan fingerprint density at radius 2 is 2.12 bits per heavy atom. The molecule has 0 aromatic heterocycles. The van der Waals surface area contributed by atoms with Crippen molar-refractivity contribution in [1.29, 1.82) is 5.26 Å². The highest BCUT2D eigenvalue weighted by molar-refractivity contribution is 6.44. The normalized spacial score (nSPS) is 23.8. The first-order chi connectivity index (χ1) is 8.06. The summed E-state index contributed by atoms with van der Waals surface area (Å²) in [6, 6.07) is 5.43. The molecule has 0 radical (unpaired) electrons. The van der Waals surface area contributed by atoms with Gasteiger partial charge in [-0.2, -0.15) is 5.26 Å². The summed E-state index contributed by atoms with van der Waals surface area (Å²) in [5, 5.41) is 19.2. The molecule has 5 heteroatoms. The molecule has 0 saturated carbocycles. The van der Waals surface area contributed by atoms with Gasteiger partial charge in [0, 0.05) is 6.54 Å². The summed E-state index contributed by atoms with van der Waals surface area (Å²) in [4.78, 5) is 2.01. The number of hydrogen-bond acceptors (Lipinski definition) is 3. The first-order valence-electron chi connectivity index (χ1n) is 5.39. The zero-order valence-corrected chi connectivity index (χ0v) is 10.8. The lowest BCUT2D eigenvalue weighted by atomic mass is 10.1. The Hall–Kier alpha value is -0.950. The van der Waals surface area contributed by atoms with Crippen LogP contribution in [0.25, 0.3) is 0 Å². The molecule has 1 saturated heterocycles. The minimum absolute atomic E-state index is 0.0107. The van der Waals surface area contributed by atoms with E-state index in [0.717, 1.165) is 18.7 Å². The Morgan fingerprint density at radius 3 is 2.65 bits per heavy atom. The summed E-state index contributed by atoms with van der Waals surface area (Å²) in [6.07, 6.45) is 0.371. The van der Waals surface area contributed by atoms with Gasteiger partial charge in [0.15, 0.2) is 0 Å². The minimum Gasteiger partial charge on any atom is -0.391 e. The van der Waals surface area contributed by atoms with Crippen LogP contribution in [-0.2, 0) is 0 Å². The molecule has 1 aromatic rings. The molecular formula is C12H12Cl2N2O. The molecule has 17 heavy (non-hydrogen) atoms. The highest BCUT2D eigenvalue weighted by atomic mass is 35.5. The van der Waals surface area contributed by atoms with Gasteiger partial charge >= 0.3 is 0 Å². The zero-order chi connectivity index (χ0) is 12.6. The fourth-order valence-corrected chi connectivity index (χ4v) is 2.59. The summed E-state index contributed by atoms with van der Waals surface area (Å²) < 4.78 is 0. The van der Waals surface area contributed by atoms with Crippen LogP contribution in [0, 0.1) is 11.3 Å². The predicted octanol–water partition coefficient (Wildman–Crippen LogP) is 2.82. The monoisotopic (exact) mass is 270 g/mol. The van der Waals surface area contributed by atoms with Crippen molar-refractivity contribution >= 4 is 28.9 Å². The van der Waals surface area contributed by atoms with E-state index in [4.69, 9.17) is 28.5 Å². The molecule has 0 aliphatic carbocycles. The number of benzene rings is 1. The van der Waals surface area contributed by atoms with Gasteiger partial charge in [0.25, 0.3) is 0 Å². The molecule has 1 aromatic carbocycles. The van der Waals surface area contributed by atoms with Gasteiger partial charge in [0.1, 0.15) is 6.07 Å². The van der Waals surface area contributed by atoms with Crippen LogP contribution in [0.15, 0.2) is 12.1 Å². The highest BCUT2D eigenvalue weighted by Gasteiger charge is 2.30. The number of aliphatic hydroxyl groups excluding tert-OH is 1. The van der Waals surface area contributed by atoms with Crippen LogP contribution in [0.1, 0.15) is 18.9 Å². The number of nitrogens with zero attached hydrogens (tertiary/aromatic N) is 2. The summed E-state index contributed by atoms with van der Waals surface area (Å²) in [5.41, 5.74) is 1.15. The topological polar surface area (TPSA) is 47.3 Å². The van der Waals surface area contributed by atoms with E-state index in [1.165, 1.54) is 0 Å². The SMILES string of the molecule is CC1C(O)CCN1c1ccc(C#N)c(Cl)c1Cl. The van der Waals surface area contributed by atoms with Gasteiger partial charge in [0.05, 0.1) is 33.4 Å². The third kappa shape index (κ3) is 2.09. The van der Waals surface area contributed by atoms with Gasteiger partial charge in [-0.15, -0.1) is 0 Å². The van der Waals surface area contributed by atoms with E-state index in [0.29, 0.717) is 10.6 Å². The Kier molecular flexibility index (Phi) is 3.48. The highest BCUT2D eigenvalue weighted by Crippen LogP contribution is 2.38. The number of rotatable bonds is 1. The van der Waals surface area contributed by atoms with E-state index in [9.17, 15) is 5.11 Å². The van der Waals surface area contributed by atoms with Crippen LogP contribution in [0.2, 0.25) is 10.0 Å². The van der Waals surface area contributed by atoms with Gasteiger partial charge in [-0.1, -0.05) is 23.2 Å². The maximum Gasteiger partial charge on any atom is 0.101 e. The van der Waals surface area contributed by atoms with Crippen LogP contribution in [0.5, 0.6) is 0 Å². The lowest BCUT2D eigenvalue weighted by molar-refractivity contribution is 0.170. The maximum atomic E-state index is 9.72. The molecule has 2 atom stereocenters. The van der Waals surface area contributed by atoms with Crippen LogP contribution in [0.4, 0.5) is 5.69 Å². The molecule has 90 valence electrons. The molecule has 1 aliphatic rings. The van der Waals surface area contributed by atoms with Crippen molar-refractivity contribution in [3.63, 3.8) is 0 Å². The van der Waals surface area contributed by atoms with Crippen molar-refractivity contribution in [3.8, 4) is 6.07 Å². The van der Waals surface area contributed by atoms with Gasteiger partial charge in [0.2, 0.25) is 0 Å². The number of aliphatic hydroxyl groups is 1. The van der Waals surface area contributed by atoms with Crippen molar-refractivity contribution in [1.82, 2.24) is 0 Å². The first kappa shape index (κ1) is 12.5. The molecule has 0 spiro atoms. The Balaban J connectivity index is 2.41. The van der Waals surface area contributed by atoms with Crippen molar-refractivity contribution in [2.45, 2.75) is 25.5 Å². The lowest BCUT2D eigenvalue weighted by Gasteiger charge is -2.26. The van der Waals surface area contributed by atoms with Crippen LogP contribution < -0.4 is 4.90 Å². The second kappa shape index (κ2) is 4.73. The maximum absolute atomic E-state index is 9.72. The Bertz CT molecular complexity index is 484. The molecule has 2 rings (SSSR count). The van der Waals surface area contributed by atoms with Gasteiger partial charge in [-0.25, -0.2) is 0 Å². The Labute approximate surface area is 110 Å². The molecule has 1 aliphatic heterocycles. The largest absolute Gasteiger partial charge is 0.391 e. The van der Waals surface area contributed by atoms with E-state index in [-0.39, 0.29) is 17.2 Å². The van der Waals surface area contributed by atoms with Crippen LogP contribution >= 0.6 is 23.2 Å². The average molecular weight is 271 g/mol. The molecular weight excluding hydrogens is 259 g/mol. The van der Waals surface area contributed by atoms with Crippen molar-refractivity contribution in [2.75, 3.05) is 11.4 Å². The standard InChI is InChI=1S/C12H12Cl2N2O/c1-7-10(17)4-5-16(7)9-3-2-8(6-15)11(13)12(9)14/h2-3,7,10,17H,4-5H2,1H3. The first-order valence-corrected chi connectivity index (χ1v) is 6.14. The molecule has 3 nitrogen and oxygen atoms in total. The molecule has 0 bridgehead atoms. The van der Waals surface area contributed by atoms with E-state index < -0.39 is 0 Å². The minimum atomic E-state index is -0.347. The zero-order valence-electron chi connectivity index (χ0n) is 9.32. The van der Waals surface area contributed by atoms with Gasteiger partial charge in [-0.05, 0) is 25.5 Å². The van der Waals surface area contributed by atoms with Gasteiger partial charge < -0.3 is 10.0 Å². The van der Waals surface area contributed by atoms with Crippen molar-refractivity contribution in [2.24, 2.45) is 0 Å². The average Bonchev–Trinajstić information content (AvgIpc) is 2.64. The van der Waals surface area contributed by atoms with E-state index in [1.807, 2.05) is 17.9 Å². The van der Waals surface area contributed by atoms with E-state index in [1.54, 1.807) is 12.1 Å². The summed E-state index contributed by atoms with van der Waals surface area (Å²) in [5.74, 6) is 0. The predicted molar refractivity (Wildman–Crippen MR) is 68.6 cm³/mol. The number of nitriles is 1. The Morgan fingerprint density at radius 1 is 1.41 bits per heavy atom. The molecule has 1 fully saturated rings. The third-order valence-corrected chi connectivity index (χ3v) is 4.08. The fourth-order valence-electron chi connectivity index (χ4n) is 2.11. The van der Waals surface area contributed by atoms with E-state index >= 15 is 0 Å². The number of anilines is 1. The van der Waals surface area contributed by atoms with Crippen LogP contribution in [-0.4, -0.2) is 23.8 Å². The van der Waals surface area contributed by atoms with Crippen molar-refractivity contribution < 1.29 is 5.11 Å².